The Morgan fingerprint density at radius 3 is 2.58 bits per heavy atom. The van der Waals surface area contributed by atoms with Crippen molar-refractivity contribution in [1.82, 2.24) is 19.2 Å². The highest BCUT2D eigenvalue weighted by atomic mass is 32.2. The van der Waals surface area contributed by atoms with E-state index < -0.39 is 40.7 Å². The van der Waals surface area contributed by atoms with Crippen molar-refractivity contribution >= 4 is 22.0 Å². The highest BCUT2D eigenvalue weighted by Crippen LogP contribution is 2.35. The van der Waals surface area contributed by atoms with Crippen LogP contribution in [0.2, 0.25) is 0 Å². The zero-order valence-corrected chi connectivity index (χ0v) is 31.3. The summed E-state index contributed by atoms with van der Waals surface area (Å²) in [4.78, 5) is 30.6. The normalized spacial score (nSPS) is 20.0. The molecule has 2 N–H and O–H groups in total. The fourth-order valence-electron chi connectivity index (χ4n) is 6.82. The minimum absolute atomic E-state index is 0.00758. The molecule has 0 saturated carbocycles. The SMILES string of the molecule is CC(C)CN(C[C@@H](O)[C@H](Cc1ccc(OCc2nccn2C(=O)c2ccccc2)cc1)NC(=O)OC1COC2OCCC12)S(=O)(=O)c1ccc2c(c1)OCO2. The van der Waals surface area contributed by atoms with Gasteiger partial charge >= 0.3 is 6.09 Å². The molecule has 0 aliphatic carbocycles. The van der Waals surface area contributed by atoms with E-state index in [0.717, 1.165) is 5.56 Å². The van der Waals surface area contributed by atoms with E-state index in [1.807, 2.05) is 19.9 Å². The van der Waals surface area contributed by atoms with Gasteiger partial charge < -0.3 is 38.8 Å². The van der Waals surface area contributed by atoms with Gasteiger partial charge in [-0.2, -0.15) is 4.31 Å². The Labute approximate surface area is 319 Å². The van der Waals surface area contributed by atoms with Crippen molar-refractivity contribution in [3.63, 3.8) is 0 Å². The predicted octanol–water partition coefficient (Wildman–Crippen LogP) is 3.99. The molecule has 4 aromatic rings. The Bertz CT molecular complexity index is 2060. The molecule has 0 radical (unpaired) electrons. The molecule has 15 nitrogen and oxygen atoms in total. The highest BCUT2D eigenvalue weighted by Gasteiger charge is 2.44. The number of aliphatic hydroxyl groups excluding tert-OH is 1. The number of nitrogens with zero attached hydrogens (tertiary/aromatic N) is 3. The lowest BCUT2D eigenvalue weighted by Crippen LogP contribution is -2.51. The van der Waals surface area contributed by atoms with Crippen molar-refractivity contribution < 1.29 is 51.5 Å². The van der Waals surface area contributed by atoms with Crippen LogP contribution in [0.5, 0.6) is 17.2 Å². The Hall–Kier alpha value is -5.00. The van der Waals surface area contributed by atoms with Crippen molar-refractivity contribution in [2.75, 3.05) is 33.1 Å². The van der Waals surface area contributed by atoms with E-state index in [-0.39, 0.29) is 62.2 Å². The first-order valence-electron chi connectivity index (χ1n) is 18.2. The number of aliphatic hydroxyl groups is 1. The average molecular weight is 777 g/mol. The number of rotatable bonds is 15. The molecule has 3 unspecified atom stereocenters. The van der Waals surface area contributed by atoms with Crippen LogP contribution in [-0.2, 0) is 37.3 Å². The van der Waals surface area contributed by atoms with Crippen molar-refractivity contribution in [1.29, 1.82) is 0 Å². The van der Waals surface area contributed by atoms with Gasteiger partial charge in [-0.1, -0.05) is 44.2 Å². The van der Waals surface area contributed by atoms with Crippen LogP contribution >= 0.6 is 0 Å². The Morgan fingerprint density at radius 2 is 1.80 bits per heavy atom. The van der Waals surface area contributed by atoms with Gasteiger partial charge in [0.1, 0.15) is 18.5 Å². The maximum atomic E-state index is 14.0. The van der Waals surface area contributed by atoms with E-state index in [4.69, 9.17) is 28.4 Å². The average Bonchev–Trinajstić information content (AvgIpc) is 4.00. The number of imidazole rings is 1. The number of aromatic nitrogens is 2. The molecule has 5 atom stereocenters. The van der Waals surface area contributed by atoms with E-state index in [1.165, 1.54) is 33.3 Å². The third-order valence-electron chi connectivity index (χ3n) is 9.66. The number of hydrogen-bond acceptors (Lipinski definition) is 12. The summed E-state index contributed by atoms with van der Waals surface area (Å²) in [5.41, 5.74) is 1.24. The Morgan fingerprint density at radius 1 is 1.02 bits per heavy atom. The molecule has 0 spiro atoms. The zero-order chi connectivity index (χ0) is 38.5. The fourth-order valence-corrected chi connectivity index (χ4v) is 8.46. The summed E-state index contributed by atoms with van der Waals surface area (Å²) >= 11 is 0. The van der Waals surface area contributed by atoms with Gasteiger partial charge in [-0.05, 0) is 60.7 Å². The second kappa shape index (κ2) is 16.8. The van der Waals surface area contributed by atoms with Gasteiger partial charge in [-0.3, -0.25) is 9.36 Å². The van der Waals surface area contributed by atoms with Gasteiger partial charge in [-0.15, -0.1) is 0 Å². The highest BCUT2D eigenvalue weighted by molar-refractivity contribution is 7.89. The molecule has 2 fully saturated rings. The van der Waals surface area contributed by atoms with Gasteiger partial charge in [0.15, 0.2) is 23.6 Å². The van der Waals surface area contributed by atoms with Crippen LogP contribution in [0.4, 0.5) is 4.79 Å². The number of hydrogen-bond donors (Lipinski definition) is 2. The summed E-state index contributed by atoms with van der Waals surface area (Å²) < 4.78 is 64.3. The van der Waals surface area contributed by atoms with Crippen LogP contribution in [0.1, 0.15) is 42.0 Å². The quantitative estimate of drug-likeness (QED) is 0.178. The molecule has 3 aromatic carbocycles. The maximum Gasteiger partial charge on any atom is 0.407 e. The van der Waals surface area contributed by atoms with Crippen molar-refractivity contribution in [2.24, 2.45) is 11.8 Å². The largest absolute Gasteiger partial charge is 0.486 e. The van der Waals surface area contributed by atoms with Crippen LogP contribution < -0.4 is 19.5 Å². The molecule has 1 aromatic heterocycles. The third kappa shape index (κ3) is 8.95. The molecular formula is C39H44N4O11S. The minimum atomic E-state index is -4.11. The molecule has 292 valence electrons. The summed E-state index contributed by atoms with van der Waals surface area (Å²) in [5, 5.41) is 14.6. The molecule has 0 bridgehead atoms. The van der Waals surface area contributed by atoms with Crippen LogP contribution in [0.25, 0.3) is 0 Å². The first-order chi connectivity index (χ1) is 26.5. The second-order valence-corrected chi connectivity index (χ2v) is 16.0. The number of sulfonamides is 1. The lowest BCUT2D eigenvalue weighted by Gasteiger charge is -2.31. The number of carbonyl (C=O) groups excluding carboxylic acids is 2. The van der Waals surface area contributed by atoms with Gasteiger partial charge in [0, 0.05) is 37.1 Å². The molecule has 3 aliphatic heterocycles. The number of alkyl carbamates (subject to hydrolysis) is 1. The smallest absolute Gasteiger partial charge is 0.407 e. The molecule has 55 heavy (non-hydrogen) atoms. The number of benzene rings is 3. The molecule has 3 aliphatic rings. The fraction of sp³-hybridized carbons (Fsp3) is 0.410. The zero-order valence-electron chi connectivity index (χ0n) is 30.5. The third-order valence-corrected chi connectivity index (χ3v) is 11.5. The van der Waals surface area contributed by atoms with Crippen LogP contribution in [0.15, 0.2) is 90.1 Å². The van der Waals surface area contributed by atoms with Crippen molar-refractivity contribution in [2.45, 2.75) is 62.7 Å². The summed E-state index contributed by atoms with van der Waals surface area (Å²) in [6.45, 7) is 4.26. The molecule has 2 saturated heterocycles. The van der Waals surface area contributed by atoms with Crippen LogP contribution in [0.3, 0.4) is 0 Å². The summed E-state index contributed by atoms with van der Waals surface area (Å²) in [6.07, 6.45) is 0.879. The van der Waals surface area contributed by atoms with E-state index in [2.05, 4.69) is 10.3 Å². The predicted molar refractivity (Wildman–Crippen MR) is 196 cm³/mol. The van der Waals surface area contributed by atoms with Crippen molar-refractivity contribution in [3.8, 4) is 17.2 Å². The van der Waals surface area contributed by atoms with Crippen LogP contribution in [0, 0.1) is 11.8 Å². The van der Waals surface area contributed by atoms with Crippen molar-refractivity contribution in [3.05, 3.63) is 102 Å². The maximum absolute atomic E-state index is 14.0. The first-order valence-corrected chi connectivity index (χ1v) is 19.6. The van der Waals surface area contributed by atoms with Gasteiger partial charge in [0.05, 0.1) is 36.2 Å². The second-order valence-electron chi connectivity index (χ2n) is 14.0. The number of carbonyl (C=O) groups is 2. The summed E-state index contributed by atoms with van der Waals surface area (Å²) in [5.74, 6) is 1.29. The molecular weight excluding hydrogens is 733 g/mol. The van der Waals surface area contributed by atoms with Gasteiger partial charge in [0.2, 0.25) is 16.8 Å². The monoisotopic (exact) mass is 776 g/mol. The molecule has 16 heteroatoms. The Kier molecular flexibility index (Phi) is 11.7. The van der Waals surface area contributed by atoms with Gasteiger partial charge in [-0.25, -0.2) is 18.2 Å². The first kappa shape index (κ1) is 38.3. The number of ether oxygens (including phenoxy) is 6. The van der Waals surface area contributed by atoms with E-state index in [1.54, 1.807) is 54.7 Å². The Balaban J connectivity index is 1.06. The van der Waals surface area contributed by atoms with E-state index in [0.29, 0.717) is 41.7 Å². The molecule has 7 rings (SSSR count). The molecule has 4 heterocycles. The summed E-state index contributed by atoms with van der Waals surface area (Å²) in [6, 6.07) is 19.3. The van der Waals surface area contributed by atoms with Gasteiger partial charge in [0.25, 0.3) is 5.91 Å². The number of fused-ring (bicyclic) bond motifs is 2. The minimum Gasteiger partial charge on any atom is -0.486 e. The number of amides is 1. The molecule has 1 amide bonds. The van der Waals surface area contributed by atoms with E-state index in [9.17, 15) is 23.1 Å². The van der Waals surface area contributed by atoms with E-state index >= 15 is 0 Å². The lowest BCUT2D eigenvalue weighted by atomic mass is 10.0. The number of nitrogens with one attached hydrogen (secondary N) is 1. The standard InChI is InChI=1S/C39H44N4O11S/c1-25(2)20-42(55(47,48)29-12-13-33-34(19-29)53-24-52-33)21-32(44)31(41-39(46)54-35-22-51-38-30(35)14-17-49-38)18-26-8-10-28(11-9-26)50-23-36-40-15-16-43(36)37(45)27-6-4-3-5-7-27/h3-13,15-16,19,25,30-32,35,38,44H,14,17-18,20-24H2,1-2H3,(H,41,46)/t30?,31-,32+,35?,38?/m0/s1. The summed E-state index contributed by atoms with van der Waals surface area (Å²) in [7, 11) is -4.11. The topological polar surface area (TPSA) is 177 Å². The lowest BCUT2D eigenvalue weighted by molar-refractivity contribution is -0.0907. The van der Waals surface area contributed by atoms with Crippen LogP contribution in [-0.4, -0.2) is 97.0 Å².